The van der Waals surface area contributed by atoms with Crippen molar-refractivity contribution in [1.82, 2.24) is 0 Å². The molecule has 0 bridgehead atoms. The number of nitrogens with one attached hydrogen (secondary N) is 1. The van der Waals surface area contributed by atoms with Crippen LogP contribution in [0, 0.1) is 0 Å². The summed E-state index contributed by atoms with van der Waals surface area (Å²) in [6.45, 7) is 3.98. The van der Waals surface area contributed by atoms with Crippen molar-refractivity contribution in [2.75, 3.05) is 11.9 Å². The zero-order valence-electron chi connectivity index (χ0n) is 10.3. The molecule has 0 amide bonds. The van der Waals surface area contributed by atoms with Gasteiger partial charge in [0.1, 0.15) is 5.75 Å². The second-order valence-corrected chi connectivity index (χ2v) is 4.04. The molecular weight excluding hydrogens is 218 g/mol. The molecule has 0 radical (unpaired) electrons. The van der Waals surface area contributed by atoms with Gasteiger partial charge in [-0.2, -0.15) is 0 Å². The number of hydrogen-bond donors (Lipinski definition) is 2. The van der Waals surface area contributed by atoms with Crippen LogP contribution in [-0.2, 0) is 4.79 Å². The van der Waals surface area contributed by atoms with Crippen molar-refractivity contribution >= 4 is 11.7 Å². The summed E-state index contributed by atoms with van der Waals surface area (Å²) in [5, 5.41) is 11.8. The van der Waals surface area contributed by atoms with Gasteiger partial charge in [0.2, 0.25) is 0 Å². The number of aliphatic carboxylic acids is 1. The average molecular weight is 237 g/mol. The lowest BCUT2D eigenvalue weighted by Crippen LogP contribution is -2.14. The lowest BCUT2D eigenvalue weighted by molar-refractivity contribution is -0.139. The molecule has 94 valence electrons. The molecule has 0 aliphatic carbocycles. The molecule has 2 N–H and O–H groups in total. The summed E-state index contributed by atoms with van der Waals surface area (Å²) in [5.41, 5.74) is 1.02. The molecule has 17 heavy (non-hydrogen) atoms. The molecule has 1 aromatic carbocycles. The molecule has 0 aromatic heterocycles. The molecule has 0 aliphatic rings. The first-order chi connectivity index (χ1) is 8.11. The maximum Gasteiger partial charge on any atom is 0.341 e. The lowest BCUT2D eigenvalue weighted by Gasteiger charge is -2.14. The molecule has 4 heteroatoms. The summed E-state index contributed by atoms with van der Waals surface area (Å²) < 4.78 is 5.05. The van der Waals surface area contributed by atoms with Gasteiger partial charge in [0.05, 0.1) is 0 Å². The number of hydrogen-bond acceptors (Lipinski definition) is 3. The smallest absolute Gasteiger partial charge is 0.341 e. The van der Waals surface area contributed by atoms with Gasteiger partial charge < -0.3 is 15.2 Å². The second kappa shape index (κ2) is 6.78. The molecule has 0 spiro atoms. The monoisotopic (exact) mass is 237 g/mol. The van der Waals surface area contributed by atoms with Gasteiger partial charge in [0, 0.05) is 11.7 Å². The minimum Gasteiger partial charge on any atom is -0.482 e. The topological polar surface area (TPSA) is 58.6 Å². The molecule has 1 rings (SSSR count). The molecular formula is C13H19NO3. The van der Waals surface area contributed by atoms with E-state index in [1.807, 2.05) is 12.1 Å². The molecule has 1 aromatic rings. The van der Waals surface area contributed by atoms with Gasteiger partial charge in [-0.1, -0.05) is 13.3 Å². The zero-order chi connectivity index (χ0) is 12.7. The highest BCUT2D eigenvalue weighted by Gasteiger charge is 2.02. The Morgan fingerprint density at radius 3 is 2.59 bits per heavy atom. The Kier molecular flexibility index (Phi) is 5.33. The van der Waals surface area contributed by atoms with Gasteiger partial charge in [-0.05, 0) is 37.6 Å². The van der Waals surface area contributed by atoms with E-state index in [0.29, 0.717) is 11.8 Å². The Bertz CT molecular complexity index is 348. The summed E-state index contributed by atoms with van der Waals surface area (Å²) >= 11 is 0. The van der Waals surface area contributed by atoms with Gasteiger partial charge in [0.15, 0.2) is 6.61 Å². The normalized spacial score (nSPS) is 11.9. The summed E-state index contributed by atoms with van der Waals surface area (Å²) in [7, 11) is 0. The number of carboxylic acids is 1. The van der Waals surface area contributed by atoms with Gasteiger partial charge in [-0.25, -0.2) is 4.79 Å². The van der Waals surface area contributed by atoms with Crippen molar-refractivity contribution in [3.8, 4) is 5.75 Å². The lowest BCUT2D eigenvalue weighted by atomic mass is 10.2. The predicted octanol–water partition coefficient (Wildman–Crippen LogP) is 2.75. The summed E-state index contributed by atoms with van der Waals surface area (Å²) in [5.74, 6) is -0.398. The van der Waals surface area contributed by atoms with E-state index in [1.165, 1.54) is 0 Å². The minimum atomic E-state index is -0.969. The van der Waals surface area contributed by atoms with E-state index in [9.17, 15) is 4.79 Å². The fourth-order valence-corrected chi connectivity index (χ4v) is 1.58. The first-order valence-electron chi connectivity index (χ1n) is 5.83. The van der Waals surface area contributed by atoms with E-state index in [0.717, 1.165) is 18.5 Å². The Balaban J connectivity index is 2.47. The summed E-state index contributed by atoms with van der Waals surface area (Å²) in [6.07, 6.45) is 2.27. The molecule has 1 atom stereocenters. The molecule has 0 saturated heterocycles. The third-order valence-electron chi connectivity index (χ3n) is 2.35. The van der Waals surface area contributed by atoms with Gasteiger partial charge >= 0.3 is 5.97 Å². The molecule has 4 nitrogen and oxygen atoms in total. The van der Waals surface area contributed by atoms with Crippen LogP contribution in [0.3, 0.4) is 0 Å². The molecule has 0 fully saturated rings. The third kappa shape index (κ3) is 5.24. The number of anilines is 1. The van der Waals surface area contributed by atoms with E-state index in [4.69, 9.17) is 9.84 Å². The molecule has 1 unspecified atom stereocenters. The van der Waals surface area contributed by atoms with Gasteiger partial charge in [0.25, 0.3) is 0 Å². The van der Waals surface area contributed by atoms with Crippen molar-refractivity contribution in [2.45, 2.75) is 32.7 Å². The number of benzene rings is 1. The van der Waals surface area contributed by atoms with Crippen LogP contribution in [0.25, 0.3) is 0 Å². The average Bonchev–Trinajstić information content (AvgIpc) is 2.28. The molecule has 0 heterocycles. The van der Waals surface area contributed by atoms with Crippen LogP contribution in [0.1, 0.15) is 26.7 Å². The maximum absolute atomic E-state index is 10.3. The molecule has 0 saturated carbocycles. The van der Waals surface area contributed by atoms with E-state index in [2.05, 4.69) is 19.2 Å². The van der Waals surface area contributed by atoms with Crippen LogP contribution in [0.15, 0.2) is 24.3 Å². The Morgan fingerprint density at radius 2 is 2.06 bits per heavy atom. The maximum atomic E-state index is 10.3. The van der Waals surface area contributed by atoms with Crippen LogP contribution >= 0.6 is 0 Å². The largest absolute Gasteiger partial charge is 0.482 e. The fraction of sp³-hybridized carbons (Fsp3) is 0.462. The SMILES string of the molecule is CCCC(C)Nc1ccc(OCC(=O)O)cc1. The van der Waals surface area contributed by atoms with Crippen molar-refractivity contribution < 1.29 is 14.6 Å². The number of ether oxygens (including phenoxy) is 1. The van der Waals surface area contributed by atoms with Crippen LogP contribution in [0.4, 0.5) is 5.69 Å². The van der Waals surface area contributed by atoms with Gasteiger partial charge in [-0.3, -0.25) is 0 Å². The van der Waals surface area contributed by atoms with Crippen LogP contribution in [0.5, 0.6) is 5.75 Å². The number of carbonyl (C=O) groups is 1. The van der Waals surface area contributed by atoms with Crippen LogP contribution in [-0.4, -0.2) is 23.7 Å². The standard InChI is InChI=1S/C13H19NO3/c1-3-4-10(2)14-11-5-7-12(8-6-11)17-9-13(15)16/h5-8,10,14H,3-4,9H2,1-2H3,(H,15,16). The third-order valence-corrected chi connectivity index (χ3v) is 2.35. The second-order valence-electron chi connectivity index (χ2n) is 4.04. The Labute approximate surface area is 102 Å². The van der Waals surface area contributed by atoms with E-state index < -0.39 is 5.97 Å². The van der Waals surface area contributed by atoms with E-state index >= 15 is 0 Å². The Hall–Kier alpha value is -1.71. The summed E-state index contributed by atoms with van der Waals surface area (Å²) in [4.78, 5) is 10.3. The first kappa shape index (κ1) is 13.4. The number of carboxylic acid groups (broad SMARTS) is 1. The highest BCUT2D eigenvalue weighted by atomic mass is 16.5. The highest BCUT2D eigenvalue weighted by molar-refractivity contribution is 5.68. The van der Waals surface area contributed by atoms with Crippen molar-refractivity contribution in [1.29, 1.82) is 0 Å². The van der Waals surface area contributed by atoms with Crippen molar-refractivity contribution in [3.05, 3.63) is 24.3 Å². The van der Waals surface area contributed by atoms with Crippen molar-refractivity contribution in [2.24, 2.45) is 0 Å². The predicted molar refractivity (Wildman–Crippen MR) is 67.6 cm³/mol. The quantitative estimate of drug-likeness (QED) is 0.765. The van der Waals surface area contributed by atoms with Crippen molar-refractivity contribution in [3.63, 3.8) is 0 Å². The van der Waals surface area contributed by atoms with E-state index in [1.54, 1.807) is 12.1 Å². The van der Waals surface area contributed by atoms with Crippen LogP contribution < -0.4 is 10.1 Å². The fourth-order valence-electron chi connectivity index (χ4n) is 1.58. The first-order valence-corrected chi connectivity index (χ1v) is 5.83. The van der Waals surface area contributed by atoms with Crippen LogP contribution in [0.2, 0.25) is 0 Å². The zero-order valence-corrected chi connectivity index (χ0v) is 10.3. The Morgan fingerprint density at radius 1 is 1.41 bits per heavy atom. The molecule has 0 aliphatic heterocycles. The van der Waals surface area contributed by atoms with Gasteiger partial charge in [-0.15, -0.1) is 0 Å². The summed E-state index contributed by atoms with van der Waals surface area (Å²) in [6, 6.07) is 7.76. The highest BCUT2D eigenvalue weighted by Crippen LogP contribution is 2.17. The minimum absolute atomic E-state index is 0.307. The van der Waals surface area contributed by atoms with E-state index in [-0.39, 0.29) is 6.61 Å². The number of rotatable bonds is 7.